The van der Waals surface area contributed by atoms with Crippen LogP contribution >= 0.6 is 0 Å². The summed E-state index contributed by atoms with van der Waals surface area (Å²) in [6.07, 6.45) is 4.56. The Hall–Kier alpha value is -0.0800. The van der Waals surface area contributed by atoms with Gasteiger partial charge in [0.1, 0.15) is 0 Å². The fourth-order valence-electron chi connectivity index (χ4n) is 1.12. The van der Waals surface area contributed by atoms with Crippen LogP contribution in [0.1, 0.15) is 39.5 Å². The standard InChI is InChI=1S/C9H20O2/c1-3-9(11-4-2)7-5-6-8-10/h9-10H,3-8H2,1-2H3/t9-/m1/s1. The van der Waals surface area contributed by atoms with Crippen LogP contribution < -0.4 is 0 Å². The van der Waals surface area contributed by atoms with E-state index in [4.69, 9.17) is 9.84 Å². The number of aliphatic hydroxyl groups excluding tert-OH is 1. The van der Waals surface area contributed by atoms with Gasteiger partial charge in [0.15, 0.2) is 0 Å². The summed E-state index contributed by atoms with van der Waals surface area (Å²) in [6.45, 7) is 5.27. The van der Waals surface area contributed by atoms with Crippen molar-refractivity contribution < 1.29 is 9.84 Å². The second kappa shape index (κ2) is 8.02. The van der Waals surface area contributed by atoms with Gasteiger partial charge in [-0.15, -0.1) is 0 Å². The van der Waals surface area contributed by atoms with Crippen LogP contribution in [0.2, 0.25) is 0 Å². The summed E-state index contributed by atoms with van der Waals surface area (Å²) in [6, 6.07) is 0. The van der Waals surface area contributed by atoms with Crippen LogP contribution in [0.5, 0.6) is 0 Å². The SMILES string of the molecule is CCO[C@H](CC)CCCCO. The molecule has 0 fully saturated rings. The highest BCUT2D eigenvalue weighted by Crippen LogP contribution is 2.07. The highest BCUT2D eigenvalue weighted by molar-refractivity contribution is 4.54. The van der Waals surface area contributed by atoms with Crippen LogP contribution in [-0.4, -0.2) is 24.4 Å². The number of rotatable bonds is 7. The first-order chi connectivity index (χ1) is 5.35. The first kappa shape index (κ1) is 10.9. The molecule has 0 aliphatic rings. The maximum atomic E-state index is 8.54. The van der Waals surface area contributed by atoms with Gasteiger partial charge < -0.3 is 9.84 Å². The monoisotopic (exact) mass is 160 g/mol. The minimum absolute atomic E-state index is 0.308. The summed E-state index contributed by atoms with van der Waals surface area (Å²) in [5, 5.41) is 8.54. The first-order valence-corrected chi connectivity index (χ1v) is 4.57. The molecule has 0 saturated heterocycles. The van der Waals surface area contributed by atoms with Crippen LogP contribution in [0.15, 0.2) is 0 Å². The normalized spacial score (nSPS) is 13.4. The zero-order chi connectivity index (χ0) is 8.53. The van der Waals surface area contributed by atoms with Gasteiger partial charge in [0.2, 0.25) is 0 Å². The van der Waals surface area contributed by atoms with Gasteiger partial charge in [0.05, 0.1) is 6.10 Å². The Bertz CT molecular complexity index is 74.0. The maximum absolute atomic E-state index is 8.54. The maximum Gasteiger partial charge on any atom is 0.0572 e. The summed E-state index contributed by atoms with van der Waals surface area (Å²) in [7, 11) is 0. The third-order valence-electron chi connectivity index (χ3n) is 1.79. The largest absolute Gasteiger partial charge is 0.396 e. The number of unbranched alkanes of at least 4 members (excludes halogenated alkanes) is 1. The zero-order valence-corrected chi connectivity index (χ0v) is 7.68. The topological polar surface area (TPSA) is 29.5 Å². The molecule has 2 nitrogen and oxygen atoms in total. The zero-order valence-electron chi connectivity index (χ0n) is 7.68. The van der Waals surface area contributed by atoms with Gasteiger partial charge in [-0.2, -0.15) is 0 Å². The molecule has 0 aliphatic carbocycles. The molecule has 0 heterocycles. The Morgan fingerprint density at radius 2 is 2.00 bits per heavy atom. The molecule has 0 bridgehead atoms. The number of aliphatic hydroxyl groups is 1. The molecule has 2 heteroatoms. The summed E-state index contributed by atoms with van der Waals surface area (Å²) in [5.41, 5.74) is 0. The number of hydrogen-bond acceptors (Lipinski definition) is 2. The van der Waals surface area contributed by atoms with Crippen molar-refractivity contribution in [2.45, 2.75) is 45.6 Å². The number of ether oxygens (including phenoxy) is 1. The lowest BCUT2D eigenvalue weighted by atomic mass is 10.1. The third-order valence-corrected chi connectivity index (χ3v) is 1.79. The van der Waals surface area contributed by atoms with Gasteiger partial charge >= 0.3 is 0 Å². The average molecular weight is 160 g/mol. The minimum atomic E-state index is 0.308. The quantitative estimate of drug-likeness (QED) is 0.577. The molecule has 0 unspecified atom stereocenters. The van der Waals surface area contributed by atoms with Crippen LogP contribution in [0.4, 0.5) is 0 Å². The molecule has 0 aromatic heterocycles. The molecular weight excluding hydrogens is 140 g/mol. The Labute approximate surface area is 69.6 Å². The molecule has 1 N–H and O–H groups in total. The van der Waals surface area contributed by atoms with Crippen molar-refractivity contribution in [3.05, 3.63) is 0 Å². The lowest BCUT2D eigenvalue weighted by molar-refractivity contribution is 0.0515. The summed E-state index contributed by atoms with van der Waals surface area (Å²) >= 11 is 0. The van der Waals surface area contributed by atoms with Crippen molar-refractivity contribution in [3.8, 4) is 0 Å². The lowest BCUT2D eigenvalue weighted by Gasteiger charge is -2.13. The molecule has 0 spiro atoms. The molecule has 1 atom stereocenters. The fourth-order valence-corrected chi connectivity index (χ4v) is 1.12. The van der Waals surface area contributed by atoms with E-state index in [-0.39, 0.29) is 0 Å². The van der Waals surface area contributed by atoms with Crippen molar-refractivity contribution in [1.82, 2.24) is 0 Å². The van der Waals surface area contributed by atoms with Gasteiger partial charge in [-0.1, -0.05) is 6.92 Å². The molecule has 0 aliphatic heterocycles. The van der Waals surface area contributed by atoms with E-state index in [0.29, 0.717) is 12.7 Å². The van der Waals surface area contributed by atoms with Gasteiger partial charge in [0.25, 0.3) is 0 Å². The average Bonchev–Trinajstić information content (AvgIpc) is 2.03. The van der Waals surface area contributed by atoms with E-state index in [1.807, 2.05) is 6.92 Å². The molecule has 68 valence electrons. The van der Waals surface area contributed by atoms with Crippen molar-refractivity contribution in [2.75, 3.05) is 13.2 Å². The molecule has 0 saturated carbocycles. The predicted molar refractivity (Wildman–Crippen MR) is 46.6 cm³/mol. The van der Waals surface area contributed by atoms with Gasteiger partial charge in [-0.05, 0) is 32.6 Å². The molecule has 0 radical (unpaired) electrons. The Balaban J connectivity index is 3.20. The van der Waals surface area contributed by atoms with E-state index >= 15 is 0 Å². The first-order valence-electron chi connectivity index (χ1n) is 4.57. The van der Waals surface area contributed by atoms with Gasteiger partial charge in [-0.3, -0.25) is 0 Å². The van der Waals surface area contributed by atoms with Gasteiger partial charge in [0, 0.05) is 13.2 Å². The van der Waals surface area contributed by atoms with E-state index in [1.54, 1.807) is 0 Å². The molecular formula is C9H20O2. The fraction of sp³-hybridized carbons (Fsp3) is 1.00. The summed E-state index contributed by atoms with van der Waals surface area (Å²) < 4.78 is 5.46. The van der Waals surface area contributed by atoms with E-state index in [9.17, 15) is 0 Å². The molecule has 0 aromatic rings. The van der Waals surface area contributed by atoms with E-state index < -0.39 is 0 Å². The third kappa shape index (κ3) is 6.32. The van der Waals surface area contributed by atoms with Crippen molar-refractivity contribution >= 4 is 0 Å². The minimum Gasteiger partial charge on any atom is -0.396 e. The van der Waals surface area contributed by atoms with E-state index in [0.717, 1.165) is 32.3 Å². The number of hydrogen-bond donors (Lipinski definition) is 1. The lowest BCUT2D eigenvalue weighted by Crippen LogP contribution is -2.11. The van der Waals surface area contributed by atoms with Gasteiger partial charge in [-0.25, -0.2) is 0 Å². The van der Waals surface area contributed by atoms with Crippen molar-refractivity contribution in [2.24, 2.45) is 0 Å². The summed E-state index contributed by atoms with van der Waals surface area (Å²) in [5.74, 6) is 0. The van der Waals surface area contributed by atoms with Crippen molar-refractivity contribution in [3.63, 3.8) is 0 Å². The molecule has 0 rings (SSSR count). The molecule has 11 heavy (non-hydrogen) atoms. The van der Waals surface area contributed by atoms with Crippen molar-refractivity contribution in [1.29, 1.82) is 0 Å². The molecule has 0 aromatic carbocycles. The smallest absolute Gasteiger partial charge is 0.0572 e. The van der Waals surface area contributed by atoms with Crippen LogP contribution in [0, 0.1) is 0 Å². The second-order valence-corrected chi connectivity index (χ2v) is 2.70. The Kier molecular flexibility index (Phi) is 7.96. The predicted octanol–water partition coefficient (Wildman–Crippen LogP) is 1.96. The van der Waals surface area contributed by atoms with E-state index in [1.165, 1.54) is 0 Å². The Morgan fingerprint density at radius 1 is 1.27 bits per heavy atom. The van der Waals surface area contributed by atoms with E-state index in [2.05, 4.69) is 6.92 Å². The van der Waals surface area contributed by atoms with Crippen LogP contribution in [-0.2, 0) is 4.74 Å². The summed E-state index contributed by atoms with van der Waals surface area (Å²) in [4.78, 5) is 0. The van der Waals surface area contributed by atoms with Crippen LogP contribution in [0.25, 0.3) is 0 Å². The van der Waals surface area contributed by atoms with Crippen LogP contribution in [0.3, 0.4) is 0 Å². The highest BCUT2D eigenvalue weighted by atomic mass is 16.5. The highest BCUT2D eigenvalue weighted by Gasteiger charge is 2.03. The second-order valence-electron chi connectivity index (χ2n) is 2.70. The Morgan fingerprint density at radius 3 is 2.45 bits per heavy atom. The molecule has 0 amide bonds.